The largest absolute Gasteiger partial charge is 0.481 e. The molecule has 1 atom stereocenters. The maximum atomic E-state index is 12.3. The molecule has 1 aromatic heterocycles. The van der Waals surface area contributed by atoms with Crippen LogP contribution >= 0.6 is 0 Å². The number of aliphatic carboxylic acids is 1. The third-order valence-electron chi connectivity index (χ3n) is 3.94. The minimum absolute atomic E-state index is 0.146. The first kappa shape index (κ1) is 15.4. The summed E-state index contributed by atoms with van der Waals surface area (Å²) in [5.74, 6) is -1.01. The maximum Gasteiger partial charge on any atom is 0.311 e. The molecule has 0 bridgehead atoms. The Hall–Kier alpha value is -1.96. The van der Waals surface area contributed by atoms with Gasteiger partial charge in [0.1, 0.15) is 6.33 Å². The molecular formula is C13H20N4O4. The average Bonchev–Trinajstić information content (AvgIpc) is 3.01. The Balaban J connectivity index is 2.09. The fourth-order valence-electron chi connectivity index (χ4n) is 2.80. The van der Waals surface area contributed by atoms with Crippen LogP contribution in [0.15, 0.2) is 6.33 Å². The minimum atomic E-state index is -0.896. The van der Waals surface area contributed by atoms with E-state index in [2.05, 4.69) is 15.2 Å². The van der Waals surface area contributed by atoms with Crippen LogP contribution in [0.4, 0.5) is 0 Å². The molecule has 21 heavy (non-hydrogen) atoms. The number of rotatable bonds is 6. The summed E-state index contributed by atoms with van der Waals surface area (Å²) in [6.07, 6.45) is 3.66. The molecule has 1 aromatic rings. The van der Waals surface area contributed by atoms with Crippen molar-refractivity contribution in [3.63, 3.8) is 0 Å². The zero-order chi connectivity index (χ0) is 15.3. The SMILES string of the molecule is COCCC[C@@]1(C(=O)O)CCCN(C(=O)c2ncn[nH]2)C1. The number of piperidine rings is 1. The van der Waals surface area contributed by atoms with Crippen LogP contribution in [0.25, 0.3) is 0 Å². The van der Waals surface area contributed by atoms with E-state index in [1.807, 2.05) is 0 Å². The lowest BCUT2D eigenvalue weighted by atomic mass is 9.76. The molecule has 0 unspecified atom stereocenters. The molecule has 1 aliphatic rings. The van der Waals surface area contributed by atoms with E-state index in [0.717, 1.165) is 0 Å². The summed E-state index contributed by atoms with van der Waals surface area (Å²) in [5, 5.41) is 15.8. The minimum Gasteiger partial charge on any atom is -0.481 e. The number of carboxylic acid groups (broad SMARTS) is 1. The van der Waals surface area contributed by atoms with Gasteiger partial charge in [0.05, 0.1) is 5.41 Å². The molecule has 1 aliphatic heterocycles. The first-order chi connectivity index (χ1) is 10.1. The van der Waals surface area contributed by atoms with Crippen molar-refractivity contribution < 1.29 is 19.4 Å². The van der Waals surface area contributed by atoms with Crippen LogP contribution in [-0.4, -0.2) is 63.9 Å². The van der Waals surface area contributed by atoms with Gasteiger partial charge in [-0.1, -0.05) is 0 Å². The molecule has 8 heteroatoms. The topological polar surface area (TPSA) is 108 Å². The molecule has 0 aromatic carbocycles. The molecule has 0 radical (unpaired) electrons. The quantitative estimate of drug-likeness (QED) is 0.742. The van der Waals surface area contributed by atoms with Crippen molar-refractivity contribution in [2.75, 3.05) is 26.8 Å². The van der Waals surface area contributed by atoms with Crippen LogP contribution in [0.2, 0.25) is 0 Å². The van der Waals surface area contributed by atoms with Crippen molar-refractivity contribution in [1.29, 1.82) is 0 Å². The first-order valence-electron chi connectivity index (χ1n) is 6.96. The van der Waals surface area contributed by atoms with Gasteiger partial charge in [0.25, 0.3) is 5.91 Å². The second kappa shape index (κ2) is 6.66. The number of nitrogens with zero attached hydrogens (tertiary/aromatic N) is 3. The maximum absolute atomic E-state index is 12.3. The van der Waals surface area contributed by atoms with E-state index >= 15 is 0 Å². The summed E-state index contributed by atoms with van der Waals surface area (Å²) >= 11 is 0. The normalized spacial score (nSPS) is 22.2. The number of amides is 1. The van der Waals surface area contributed by atoms with Gasteiger partial charge in [0, 0.05) is 26.8 Å². The van der Waals surface area contributed by atoms with E-state index in [-0.39, 0.29) is 18.3 Å². The smallest absolute Gasteiger partial charge is 0.311 e. The van der Waals surface area contributed by atoms with Crippen LogP contribution in [0.3, 0.4) is 0 Å². The van der Waals surface area contributed by atoms with Crippen LogP contribution < -0.4 is 0 Å². The lowest BCUT2D eigenvalue weighted by molar-refractivity contribution is -0.152. The summed E-state index contributed by atoms with van der Waals surface area (Å²) in [5.41, 5.74) is -0.896. The highest BCUT2D eigenvalue weighted by atomic mass is 16.5. The van der Waals surface area contributed by atoms with Crippen molar-refractivity contribution in [3.05, 3.63) is 12.2 Å². The summed E-state index contributed by atoms with van der Waals surface area (Å²) in [4.78, 5) is 29.4. The number of carbonyl (C=O) groups excluding carboxylic acids is 1. The number of methoxy groups -OCH3 is 1. The van der Waals surface area contributed by atoms with Gasteiger partial charge in [-0.15, -0.1) is 0 Å². The van der Waals surface area contributed by atoms with Crippen LogP contribution in [0.5, 0.6) is 0 Å². The standard InChI is InChI=1S/C13H20N4O4/c1-21-7-3-5-13(12(19)20)4-2-6-17(8-13)11(18)10-14-9-15-16-10/h9H,2-8H2,1H3,(H,19,20)(H,14,15,16)/t13-/m0/s1. The van der Waals surface area contributed by atoms with Gasteiger partial charge in [-0.2, -0.15) is 5.10 Å². The van der Waals surface area contributed by atoms with E-state index in [1.54, 1.807) is 12.0 Å². The van der Waals surface area contributed by atoms with Crippen molar-refractivity contribution in [2.24, 2.45) is 5.41 Å². The number of carbonyl (C=O) groups is 2. The second-order valence-corrected chi connectivity index (χ2v) is 5.35. The molecule has 0 aliphatic carbocycles. The van der Waals surface area contributed by atoms with Crippen LogP contribution in [-0.2, 0) is 9.53 Å². The third kappa shape index (κ3) is 3.38. The summed E-state index contributed by atoms with van der Waals surface area (Å²) in [6, 6.07) is 0. The van der Waals surface area contributed by atoms with Crippen molar-refractivity contribution >= 4 is 11.9 Å². The van der Waals surface area contributed by atoms with Crippen LogP contribution in [0.1, 0.15) is 36.3 Å². The van der Waals surface area contributed by atoms with E-state index < -0.39 is 11.4 Å². The monoisotopic (exact) mass is 296 g/mol. The van der Waals surface area contributed by atoms with E-state index in [4.69, 9.17) is 4.74 Å². The van der Waals surface area contributed by atoms with Crippen LogP contribution in [0, 0.1) is 5.41 Å². The Labute approximate surface area is 122 Å². The Bertz CT molecular complexity index is 490. The number of aromatic nitrogens is 3. The number of likely N-dealkylation sites (tertiary alicyclic amines) is 1. The average molecular weight is 296 g/mol. The number of ether oxygens (including phenoxy) is 1. The van der Waals surface area contributed by atoms with Gasteiger partial charge in [-0.3, -0.25) is 14.7 Å². The highest BCUT2D eigenvalue weighted by Crippen LogP contribution is 2.35. The number of carboxylic acids is 1. The van der Waals surface area contributed by atoms with Gasteiger partial charge in [-0.25, -0.2) is 4.98 Å². The Morgan fingerprint density at radius 1 is 1.57 bits per heavy atom. The number of hydrogen-bond donors (Lipinski definition) is 2. The molecule has 1 amide bonds. The van der Waals surface area contributed by atoms with E-state index in [1.165, 1.54) is 6.33 Å². The molecular weight excluding hydrogens is 276 g/mol. The van der Waals surface area contributed by atoms with Gasteiger partial charge in [0.15, 0.2) is 0 Å². The predicted molar refractivity (Wildman–Crippen MR) is 72.7 cm³/mol. The lowest BCUT2D eigenvalue weighted by Crippen LogP contribution is -2.50. The first-order valence-corrected chi connectivity index (χ1v) is 6.96. The zero-order valence-corrected chi connectivity index (χ0v) is 12.0. The van der Waals surface area contributed by atoms with E-state index in [0.29, 0.717) is 38.8 Å². The molecule has 2 rings (SSSR count). The second-order valence-electron chi connectivity index (χ2n) is 5.35. The highest BCUT2D eigenvalue weighted by molar-refractivity contribution is 5.91. The fraction of sp³-hybridized carbons (Fsp3) is 0.692. The van der Waals surface area contributed by atoms with Crippen molar-refractivity contribution in [3.8, 4) is 0 Å². The Morgan fingerprint density at radius 2 is 2.38 bits per heavy atom. The van der Waals surface area contributed by atoms with Gasteiger partial charge in [0.2, 0.25) is 5.82 Å². The zero-order valence-electron chi connectivity index (χ0n) is 12.0. The van der Waals surface area contributed by atoms with E-state index in [9.17, 15) is 14.7 Å². The number of aromatic amines is 1. The highest BCUT2D eigenvalue weighted by Gasteiger charge is 2.43. The molecule has 8 nitrogen and oxygen atoms in total. The summed E-state index contributed by atoms with van der Waals surface area (Å²) < 4.78 is 4.99. The van der Waals surface area contributed by atoms with Gasteiger partial charge < -0.3 is 14.7 Å². The molecule has 1 fully saturated rings. The number of nitrogens with one attached hydrogen (secondary N) is 1. The Morgan fingerprint density at radius 3 is 3.00 bits per heavy atom. The molecule has 0 spiro atoms. The van der Waals surface area contributed by atoms with Crippen molar-refractivity contribution in [1.82, 2.24) is 20.1 Å². The third-order valence-corrected chi connectivity index (χ3v) is 3.94. The molecule has 2 heterocycles. The summed E-state index contributed by atoms with van der Waals surface area (Å²) in [7, 11) is 1.59. The molecule has 1 saturated heterocycles. The van der Waals surface area contributed by atoms with Crippen molar-refractivity contribution in [2.45, 2.75) is 25.7 Å². The van der Waals surface area contributed by atoms with Gasteiger partial charge >= 0.3 is 5.97 Å². The summed E-state index contributed by atoms with van der Waals surface area (Å²) in [6.45, 7) is 1.26. The lowest BCUT2D eigenvalue weighted by Gasteiger charge is -2.39. The van der Waals surface area contributed by atoms with Gasteiger partial charge in [-0.05, 0) is 25.7 Å². The Kier molecular flexibility index (Phi) is 4.89. The predicted octanol–water partition coefficient (Wildman–Crippen LogP) is 0.538. The number of H-pyrrole nitrogens is 1. The molecule has 0 saturated carbocycles. The number of hydrogen-bond acceptors (Lipinski definition) is 5. The molecule has 2 N–H and O–H groups in total. The fourth-order valence-corrected chi connectivity index (χ4v) is 2.80. The molecule has 116 valence electrons.